The molecule has 0 unspecified atom stereocenters. The Balaban J connectivity index is 3.60. The molecule has 0 amide bonds. The van der Waals surface area contributed by atoms with Gasteiger partial charge in [0.05, 0.1) is 11.4 Å². The average molecular weight is 236 g/mol. The molecule has 0 atom stereocenters. The molecule has 6 heteroatoms. The van der Waals surface area contributed by atoms with E-state index in [9.17, 15) is 0 Å². The summed E-state index contributed by atoms with van der Waals surface area (Å²) in [6.45, 7) is 0. The van der Waals surface area contributed by atoms with E-state index in [1.54, 1.807) is 0 Å². The van der Waals surface area contributed by atoms with Gasteiger partial charge in [0.1, 0.15) is 0 Å². The topological polar surface area (TPSA) is 52.0 Å². The van der Waals surface area contributed by atoms with Crippen LogP contribution in [-0.4, -0.2) is 0 Å². The number of hydrogen-bond acceptors (Lipinski definition) is 6. The molecule has 0 spiro atoms. The molecule has 1 rings (SSSR count). The molecule has 0 aliphatic carbocycles. The third kappa shape index (κ3) is 1.48. The van der Waals surface area contributed by atoms with Crippen LogP contribution >= 0.6 is 50.5 Å². The summed E-state index contributed by atoms with van der Waals surface area (Å²) in [5.41, 5.74) is 12.2. The summed E-state index contributed by atoms with van der Waals surface area (Å²) < 4.78 is 0. The molecule has 1 aromatic rings. The van der Waals surface area contributed by atoms with Crippen molar-refractivity contribution in [3.63, 3.8) is 0 Å². The van der Waals surface area contributed by atoms with Crippen LogP contribution in [0.2, 0.25) is 0 Å². The Hall–Kier alpha value is 0.220. The second-order valence-corrected chi connectivity index (χ2v) is 4.01. The number of benzene rings is 1. The Morgan fingerprint density at radius 1 is 0.583 bits per heavy atom. The van der Waals surface area contributed by atoms with E-state index < -0.39 is 0 Å². The second-order valence-electron chi connectivity index (χ2n) is 2.22. The molecular weight excluding hydrogens is 228 g/mol. The maximum Gasteiger partial charge on any atom is 0.0609 e. The van der Waals surface area contributed by atoms with E-state index >= 15 is 0 Å². The van der Waals surface area contributed by atoms with Crippen LogP contribution in [0.1, 0.15) is 0 Å². The molecule has 1 aromatic carbocycles. The van der Waals surface area contributed by atoms with Crippen molar-refractivity contribution < 1.29 is 0 Å². The van der Waals surface area contributed by atoms with Crippen LogP contribution in [0.15, 0.2) is 19.6 Å². The van der Waals surface area contributed by atoms with Crippen LogP contribution in [-0.2, 0) is 0 Å². The third-order valence-corrected chi connectivity index (χ3v) is 3.68. The van der Waals surface area contributed by atoms with Crippen molar-refractivity contribution in [1.29, 1.82) is 0 Å². The normalized spacial score (nSPS) is 10.3. The van der Waals surface area contributed by atoms with Gasteiger partial charge in [-0.3, -0.25) is 0 Å². The summed E-state index contributed by atoms with van der Waals surface area (Å²) in [5.74, 6) is 0. The molecular formula is C6H8N2S4. The van der Waals surface area contributed by atoms with E-state index in [0.29, 0.717) is 31.0 Å². The Morgan fingerprint density at radius 3 is 0.917 bits per heavy atom. The summed E-state index contributed by atoms with van der Waals surface area (Å²) in [6.07, 6.45) is 0. The summed E-state index contributed by atoms with van der Waals surface area (Å²) in [4.78, 5) is 2.16. The molecule has 0 radical (unpaired) electrons. The van der Waals surface area contributed by atoms with Gasteiger partial charge in [-0.25, -0.2) is 0 Å². The van der Waals surface area contributed by atoms with E-state index in [0.717, 1.165) is 0 Å². The first kappa shape index (κ1) is 10.3. The molecule has 0 saturated carbocycles. The van der Waals surface area contributed by atoms with Crippen LogP contribution in [0, 0.1) is 0 Å². The molecule has 0 fully saturated rings. The lowest BCUT2D eigenvalue weighted by Gasteiger charge is -2.11. The zero-order valence-electron chi connectivity index (χ0n) is 5.94. The van der Waals surface area contributed by atoms with E-state index in [1.807, 2.05) is 0 Å². The maximum atomic E-state index is 5.65. The smallest absolute Gasteiger partial charge is 0.0609 e. The minimum atomic E-state index is 0.450. The van der Waals surface area contributed by atoms with E-state index in [4.69, 9.17) is 11.5 Å². The van der Waals surface area contributed by atoms with Crippen LogP contribution in [0.25, 0.3) is 0 Å². The molecule has 2 nitrogen and oxygen atoms in total. The van der Waals surface area contributed by atoms with Crippen LogP contribution in [0.3, 0.4) is 0 Å². The number of nitrogens with two attached hydrogens (primary N) is 2. The predicted octanol–water partition coefficient (Wildman–Crippen LogP) is 2.01. The maximum absolute atomic E-state index is 5.65. The molecule has 0 saturated heterocycles. The van der Waals surface area contributed by atoms with Gasteiger partial charge in [-0.05, 0) is 0 Å². The van der Waals surface area contributed by atoms with Gasteiger partial charge in [0.25, 0.3) is 0 Å². The Kier molecular flexibility index (Phi) is 3.03. The first-order chi connectivity index (χ1) is 5.46. The van der Waals surface area contributed by atoms with Gasteiger partial charge in [0.15, 0.2) is 0 Å². The molecule has 0 aromatic heterocycles. The van der Waals surface area contributed by atoms with Crippen molar-refractivity contribution >= 4 is 61.9 Å². The fraction of sp³-hybridized carbons (Fsp3) is 0. The minimum absolute atomic E-state index is 0.450. The highest BCUT2D eigenvalue weighted by Gasteiger charge is 2.12. The minimum Gasteiger partial charge on any atom is -0.397 e. The quantitative estimate of drug-likeness (QED) is 0.308. The van der Waals surface area contributed by atoms with Crippen molar-refractivity contribution in [2.24, 2.45) is 0 Å². The molecule has 0 aliphatic rings. The largest absolute Gasteiger partial charge is 0.397 e. The number of thiol groups is 4. The first-order valence-electron chi connectivity index (χ1n) is 2.97. The summed E-state index contributed by atoms with van der Waals surface area (Å²) >= 11 is 16.5. The van der Waals surface area contributed by atoms with Crippen LogP contribution < -0.4 is 11.5 Å². The van der Waals surface area contributed by atoms with Crippen molar-refractivity contribution in [2.45, 2.75) is 19.6 Å². The number of rotatable bonds is 0. The van der Waals surface area contributed by atoms with Gasteiger partial charge < -0.3 is 11.5 Å². The van der Waals surface area contributed by atoms with Gasteiger partial charge in [-0.2, -0.15) is 0 Å². The van der Waals surface area contributed by atoms with Crippen molar-refractivity contribution in [3.8, 4) is 0 Å². The predicted molar refractivity (Wildman–Crippen MR) is 64.3 cm³/mol. The number of anilines is 2. The van der Waals surface area contributed by atoms with Gasteiger partial charge in [-0.15, -0.1) is 50.5 Å². The molecule has 0 aliphatic heterocycles. The second kappa shape index (κ2) is 3.53. The highest BCUT2D eigenvalue weighted by molar-refractivity contribution is 7.85. The Labute approximate surface area is 92.7 Å². The highest BCUT2D eigenvalue weighted by atomic mass is 32.1. The summed E-state index contributed by atoms with van der Waals surface area (Å²) in [5, 5.41) is 0. The fourth-order valence-electron chi connectivity index (χ4n) is 0.735. The zero-order chi connectivity index (χ0) is 9.46. The Bertz CT molecular complexity index is 232. The zero-order valence-corrected chi connectivity index (χ0v) is 9.52. The Morgan fingerprint density at radius 2 is 0.750 bits per heavy atom. The average Bonchev–Trinajstić information content (AvgIpc) is 2.08. The summed E-state index contributed by atoms with van der Waals surface area (Å²) in [7, 11) is 0. The molecule has 4 N–H and O–H groups in total. The SMILES string of the molecule is Nc1c(S)c(S)c(N)c(S)c1S. The lowest BCUT2D eigenvalue weighted by molar-refractivity contribution is 1.13. The molecule has 0 heterocycles. The van der Waals surface area contributed by atoms with Gasteiger partial charge in [0.2, 0.25) is 0 Å². The summed E-state index contributed by atoms with van der Waals surface area (Å²) in [6, 6.07) is 0. The van der Waals surface area contributed by atoms with E-state index in [1.165, 1.54) is 0 Å². The lowest BCUT2D eigenvalue weighted by Crippen LogP contribution is -1.97. The monoisotopic (exact) mass is 236 g/mol. The fourth-order valence-corrected chi connectivity index (χ4v) is 1.84. The highest BCUT2D eigenvalue weighted by Crippen LogP contribution is 2.40. The lowest BCUT2D eigenvalue weighted by atomic mass is 10.3. The van der Waals surface area contributed by atoms with Crippen molar-refractivity contribution in [2.75, 3.05) is 11.5 Å². The van der Waals surface area contributed by atoms with Gasteiger partial charge >= 0.3 is 0 Å². The first-order valence-corrected chi connectivity index (χ1v) is 4.76. The van der Waals surface area contributed by atoms with Crippen LogP contribution in [0.5, 0.6) is 0 Å². The molecule has 0 bridgehead atoms. The van der Waals surface area contributed by atoms with E-state index in [2.05, 4.69) is 50.5 Å². The van der Waals surface area contributed by atoms with Crippen molar-refractivity contribution in [3.05, 3.63) is 0 Å². The van der Waals surface area contributed by atoms with Gasteiger partial charge in [0, 0.05) is 19.6 Å². The molecule has 12 heavy (non-hydrogen) atoms. The van der Waals surface area contributed by atoms with Crippen LogP contribution in [0.4, 0.5) is 11.4 Å². The number of hydrogen-bond donors (Lipinski definition) is 6. The van der Waals surface area contributed by atoms with Gasteiger partial charge in [-0.1, -0.05) is 0 Å². The molecule has 66 valence electrons. The standard InChI is InChI=1S/C6H8N2S4/c7-1-3(9)5(11)2(8)6(12)4(1)10/h9-12H,7-8H2. The van der Waals surface area contributed by atoms with E-state index in [-0.39, 0.29) is 0 Å². The van der Waals surface area contributed by atoms with Crippen molar-refractivity contribution in [1.82, 2.24) is 0 Å². The third-order valence-electron chi connectivity index (χ3n) is 1.47. The number of nitrogen functional groups attached to an aromatic ring is 2.